The fourth-order valence-electron chi connectivity index (χ4n) is 2.55. The lowest BCUT2D eigenvalue weighted by molar-refractivity contribution is -0.121. The Morgan fingerprint density at radius 1 is 1.29 bits per heavy atom. The Hall–Kier alpha value is -2.11. The monoisotopic (exact) mass is 357 g/mol. The van der Waals surface area contributed by atoms with Crippen molar-refractivity contribution in [1.29, 1.82) is 0 Å². The molecule has 0 unspecified atom stereocenters. The van der Waals surface area contributed by atoms with Gasteiger partial charge in [0.2, 0.25) is 5.91 Å². The van der Waals surface area contributed by atoms with Gasteiger partial charge in [-0.25, -0.2) is 4.98 Å². The van der Waals surface area contributed by atoms with Crippen molar-refractivity contribution >= 4 is 28.8 Å². The third kappa shape index (κ3) is 3.37. The average Bonchev–Trinajstić information content (AvgIpc) is 3.07. The molecule has 0 radical (unpaired) electrons. The minimum Gasteiger partial charge on any atom is -0.352 e. The topological polar surface area (TPSA) is 46.9 Å². The summed E-state index contributed by atoms with van der Waals surface area (Å²) in [5.41, 5.74) is 2.92. The summed E-state index contributed by atoms with van der Waals surface area (Å²) in [4.78, 5) is 16.8. The van der Waals surface area contributed by atoms with Crippen LogP contribution in [0.3, 0.4) is 0 Å². The molecule has 0 spiro atoms. The number of carbonyl (C=O) groups is 1. The molecular formula is C18H16ClN3OS. The maximum atomic E-state index is 12.0. The summed E-state index contributed by atoms with van der Waals surface area (Å²) in [6.07, 6.45) is 4.12. The molecule has 4 rings (SSSR count). The van der Waals surface area contributed by atoms with Crippen LogP contribution in [0.15, 0.2) is 48.0 Å². The van der Waals surface area contributed by atoms with Gasteiger partial charge in [-0.3, -0.25) is 4.79 Å². The third-order valence-corrected chi connectivity index (χ3v) is 5.07. The predicted molar refractivity (Wildman–Crippen MR) is 97.2 cm³/mol. The van der Waals surface area contributed by atoms with Crippen molar-refractivity contribution in [2.24, 2.45) is 0 Å². The zero-order chi connectivity index (χ0) is 16.5. The molecule has 1 amide bonds. The van der Waals surface area contributed by atoms with Crippen LogP contribution >= 0.6 is 22.9 Å². The van der Waals surface area contributed by atoms with E-state index in [1.165, 1.54) is 0 Å². The van der Waals surface area contributed by atoms with Gasteiger partial charge in [0.05, 0.1) is 11.4 Å². The highest BCUT2D eigenvalue weighted by molar-refractivity contribution is 7.13. The number of halogens is 1. The first-order valence-electron chi connectivity index (χ1n) is 7.85. The Bertz CT molecular complexity index is 865. The van der Waals surface area contributed by atoms with Crippen molar-refractivity contribution in [2.45, 2.75) is 25.4 Å². The van der Waals surface area contributed by atoms with Gasteiger partial charge < -0.3 is 9.88 Å². The molecule has 1 aliphatic carbocycles. The Balaban J connectivity index is 1.55. The summed E-state index contributed by atoms with van der Waals surface area (Å²) in [6, 6.07) is 12.0. The SMILES string of the molecule is O=C(Cn1cccc1-c1nc(-c2ccc(Cl)cc2)cs1)NC1CC1. The van der Waals surface area contributed by atoms with Crippen molar-refractivity contribution < 1.29 is 4.79 Å². The number of nitrogens with one attached hydrogen (secondary N) is 1. The van der Waals surface area contributed by atoms with E-state index in [9.17, 15) is 4.79 Å². The lowest BCUT2D eigenvalue weighted by atomic mass is 10.2. The first-order chi connectivity index (χ1) is 11.7. The zero-order valence-corrected chi connectivity index (χ0v) is 14.5. The van der Waals surface area contributed by atoms with E-state index in [0.29, 0.717) is 17.6 Å². The van der Waals surface area contributed by atoms with Gasteiger partial charge in [0.1, 0.15) is 11.6 Å². The van der Waals surface area contributed by atoms with Crippen LogP contribution in [0, 0.1) is 0 Å². The molecule has 0 atom stereocenters. The van der Waals surface area contributed by atoms with Crippen LogP contribution in [0.1, 0.15) is 12.8 Å². The highest BCUT2D eigenvalue weighted by Crippen LogP contribution is 2.30. The summed E-state index contributed by atoms with van der Waals surface area (Å²) >= 11 is 7.51. The number of benzene rings is 1. The van der Waals surface area contributed by atoms with Crippen molar-refractivity contribution in [3.63, 3.8) is 0 Å². The van der Waals surface area contributed by atoms with Crippen LogP contribution < -0.4 is 5.32 Å². The van der Waals surface area contributed by atoms with Crippen LogP contribution in [0.4, 0.5) is 0 Å². The van der Waals surface area contributed by atoms with Gasteiger partial charge in [-0.15, -0.1) is 11.3 Å². The quantitative estimate of drug-likeness (QED) is 0.743. The van der Waals surface area contributed by atoms with Crippen LogP contribution in [-0.4, -0.2) is 21.5 Å². The van der Waals surface area contributed by atoms with E-state index in [0.717, 1.165) is 34.8 Å². The second-order valence-corrected chi connectivity index (χ2v) is 7.20. The van der Waals surface area contributed by atoms with Gasteiger partial charge in [0.25, 0.3) is 0 Å². The summed E-state index contributed by atoms with van der Waals surface area (Å²) in [7, 11) is 0. The summed E-state index contributed by atoms with van der Waals surface area (Å²) < 4.78 is 1.95. The van der Waals surface area contributed by atoms with E-state index in [2.05, 4.69) is 5.32 Å². The lowest BCUT2D eigenvalue weighted by Gasteiger charge is -2.07. The van der Waals surface area contributed by atoms with Crippen molar-refractivity contribution in [2.75, 3.05) is 0 Å². The Labute approximate surface area is 149 Å². The number of hydrogen-bond donors (Lipinski definition) is 1. The Morgan fingerprint density at radius 2 is 2.08 bits per heavy atom. The van der Waals surface area contributed by atoms with Crippen molar-refractivity contribution in [3.8, 4) is 22.0 Å². The molecule has 24 heavy (non-hydrogen) atoms. The van der Waals surface area contributed by atoms with Gasteiger partial charge in [-0.2, -0.15) is 0 Å². The summed E-state index contributed by atoms with van der Waals surface area (Å²) in [5, 5.41) is 6.67. The highest BCUT2D eigenvalue weighted by Gasteiger charge is 2.23. The minimum atomic E-state index is 0.0597. The molecule has 1 aliphatic rings. The van der Waals surface area contributed by atoms with Gasteiger partial charge in [-0.1, -0.05) is 23.7 Å². The number of carbonyl (C=O) groups excluding carboxylic acids is 1. The standard InChI is InChI=1S/C18H16ClN3OS/c19-13-5-3-12(4-6-13)15-11-24-18(21-15)16-2-1-9-22(16)10-17(23)20-14-7-8-14/h1-6,9,11,14H,7-8,10H2,(H,20,23). The lowest BCUT2D eigenvalue weighted by Crippen LogP contribution is -2.29. The predicted octanol–water partition coefficient (Wildman–Crippen LogP) is 4.21. The van der Waals surface area contributed by atoms with Crippen molar-refractivity contribution in [1.82, 2.24) is 14.9 Å². The van der Waals surface area contributed by atoms with Gasteiger partial charge in [-0.05, 0) is 37.1 Å². The van der Waals surface area contributed by atoms with Gasteiger partial charge >= 0.3 is 0 Å². The average molecular weight is 358 g/mol. The Kier molecular flexibility index (Phi) is 4.12. The van der Waals surface area contributed by atoms with Crippen LogP contribution in [0.5, 0.6) is 0 Å². The molecule has 2 aromatic heterocycles. The number of aromatic nitrogens is 2. The molecule has 4 nitrogen and oxygen atoms in total. The third-order valence-electron chi connectivity index (χ3n) is 3.95. The molecule has 1 fully saturated rings. The molecule has 1 N–H and O–H groups in total. The van der Waals surface area contributed by atoms with E-state index in [1.54, 1.807) is 11.3 Å². The van der Waals surface area contributed by atoms with Crippen molar-refractivity contribution in [3.05, 3.63) is 53.0 Å². The molecule has 6 heteroatoms. The molecule has 0 saturated heterocycles. The number of amides is 1. The fraction of sp³-hybridized carbons (Fsp3) is 0.222. The van der Waals surface area contributed by atoms with E-state index < -0.39 is 0 Å². The first kappa shape index (κ1) is 15.4. The van der Waals surface area contributed by atoms with E-state index in [4.69, 9.17) is 16.6 Å². The molecule has 1 aromatic carbocycles. The van der Waals surface area contributed by atoms with E-state index >= 15 is 0 Å². The largest absolute Gasteiger partial charge is 0.352 e. The van der Waals surface area contributed by atoms with Gasteiger partial charge in [0, 0.05) is 28.2 Å². The molecular weight excluding hydrogens is 342 g/mol. The number of thiazole rings is 1. The Morgan fingerprint density at radius 3 is 2.83 bits per heavy atom. The molecule has 3 aromatic rings. The minimum absolute atomic E-state index is 0.0597. The molecule has 0 bridgehead atoms. The molecule has 1 saturated carbocycles. The normalized spacial score (nSPS) is 13.9. The molecule has 122 valence electrons. The van der Waals surface area contributed by atoms with E-state index in [1.807, 2.05) is 52.5 Å². The molecule has 0 aliphatic heterocycles. The number of hydrogen-bond acceptors (Lipinski definition) is 3. The number of rotatable bonds is 5. The molecule has 2 heterocycles. The number of nitrogens with zero attached hydrogens (tertiary/aromatic N) is 2. The summed E-state index contributed by atoms with van der Waals surface area (Å²) in [5.74, 6) is 0.0597. The maximum absolute atomic E-state index is 12.0. The zero-order valence-electron chi connectivity index (χ0n) is 12.9. The fourth-order valence-corrected chi connectivity index (χ4v) is 3.54. The summed E-state index contributed by atoms with van der Waals surface area (Å²) in [6.45, 7) is 0.328. The van der Waals surface area contributed by atoms with E-state index in [-0.39, 0.29) is 5.91 Å². The smallest absolute Gasteiger partial charge is 0.240 e. The maximum Gasteiger partial charge on any atom is 0.240 e. The van der Waals surface area contributed by atoms with Crippen LogP contribution in [0.25, 0.3) is 22.0 Å². The van der Waals surface area contributed by atoms with Crippen LogP contribution in [-0.2, 0) is 11.3 Å². The second kappa shape index (κ2) is 6.42. The second-order valence-electron chi connectivity index (χ2n) is 5.91. The highest BCUT2D eigenvalue weighted by atomic mass is 35.5. The van der Waals surface area contributed by atoms with Crippen LogP contribution in [0.2, 0.25) is 5.02 Å². The van der Waals surface area contributed by atoms with Gasteiger partial charge in [0.15, 0.2) is 0 Å². The first-order valence-corrected chi connectivity index (χ1v) is 9.11.